The lowest BCUT2D eigenvalue weighted by molar-refractivity contribution is 0.0726. The zero-order chi connectivity index (χ0) is 21.0. The largest absolute Gasteiger partial charge is 0.369 e. The van der Waals surface area contributed by atoms with Gasteiger partial charge in [0.15, 0.2) is 0 Å². The summed E-state index contributed by atoms with van der Waals surface area (Å²) in [6.45, 7) is 6.83. The Hall–Kier alpha value is -2.38. The molecule has 0 radical (unpaired) electrons. The van der Waals surface area contributed by atoms with Gasteiger partial charge in [-0.15, -0.1) is 0 Å². The van der Waals surface area contributed by atoms with Crippen LogP contribution in [-0.2, 0) is 13.0 Å². The van der Waals surface area contributed by atoms with Gasteiger partial charge in [0.1, 0.15) is 11.5 Å². The number of likely N-dealkylation sites (N-methyl/N-ethyl adjacent to an activating group) is 1. The highest BCUT2D eigenvalue weighted by molar-refractivity contribution is 6.30. The Morgan fingerprint density at radius 1 is 1.14 bits per heavy atom. The molecule has 0 bridgehead atoms. The molecule has 1 aromatic heterocycles. The Bertz CT molecular complexity index is 853. The molecule has 2 aromatic rings. The molecular formula is C21H29ClN6O. The maximum atomic E-state index is 12.8. The highest BCUT2D eigenvalue weighted by Gasteiger charge is 2.34. The zero-order valence-electron chi connectivity index (χ0n) is 17.5. The summed E-state index contributed by atoms with van der Waals surface area (Å²) in [5.74, 6) is 1.18. The molecule has 0 saturated heterocycles. The normalized spacial score (nSPS) is 13.3. The minimum absolute atomic E-state index is 0.0335. The Labute approximate surface area is 177 Å². The molecule has 1 aliphatic rings. The van der Waals surface area contributed by atoms with Crippen molar-refractivity contribution in [1.29, 1.82) is 0 Å². The number of rotatable bonds is 9. The molecule has 0 aliphatic carbocycles. The van der Waals surface area contributed by atoms with Gasteiger partial charge in [0.25, 0.3) is 5.91 Å². The van der Waals surface area contributed by atoms with Crippen molar-refractivity contribution in [3.8, 4) is 0 Å². The lowest BCUT2D eigenvalue weighted by Gasteiger charge is -2.19. The van der Waals surface area contributed by atoms with Crippen molar-refractivity contribution in [2.24, 2.45) is 0 Å². The van der Waals surface area contributed by atoms with Gasteiger partial charge in [0.2, 0.25) is 5.95 Å². The van der Waals surface area contributed by atoms with Crippen LogP contribution in [0.2, 0.25) is 5.02 Å². The molecule has 2 N–H and O–H groups in total. The third-order valence-electron chi connectivity index (χ3n) is 4.88. The summed E-state index contributed by atoms with van der Waals surface area (Å²) in [6.07, 6.45) is 0.835. The molecule has 0 spiro atoms. The van der Waals surface area contributed by atoms with Crippen LogP contribution < -0.4 is 10.6 Å². The number of carbonyl (C=O) groups is 1. The standard InChI is InChI=1S/C21H29ClN6O/c1-14(2)28-13-17-18(20(28)29)25-21(24-11-12-27(3)4)26-19(17)23-10-9-15-5-7-16(22)8-6-15/h5-8,14H,9-13H2,1-4H3,(H2,23,24,25,26). The van der Waals surface area contributed by atoms with Crippen LogP contribution in [0.1, 0.15) is 35.5 Å². The second-order valence-corrected chi connectivity index (χ2v) is 8.22. The number of hydrogen-bond acceptors (Lipinski definition) is 6. The summed E-state index contributed by atoms with van der Waals surface area (Å²) in [7, 11) is 4.03. The van der Waals surface area contributed by atoms with Crippen LogP contribution in [0.25, 0.3) is 0 Å². The van der Waals surface area contributed by atoms with Gasteiger partial charge in [-0.05, 0) is 52.1 Å². The topological polar surface area (TPSA) is 73.4 Å². The van der Waals surface area contributed by atoms with Crippen molar-refractivity contribution in [2.75, 3.05) is 44.4 Å². The zero-order valence-corrected chi connectivity index (χ0v) is 18.3. The predicted octanol–water partition coefficient (Wildman–Crippen LogP) is 3.12. The quantitative estimate of drug-likeness (QED) is 0.654. The summed E-state index contributed by atoms with van der Waals surface area (Å²) in [4.78, 5) is 25.9. The van der Waals surface area contributed by atoms with Crippen molar-refractivity contribution >= 4 is 29.3 Å². The molecule has 1 amide bonds. The Balaban J connectivity index is 1.76. The maximum Gasteiger partial charge on any atom is 0.273 e. The van der Waals surface area contributed by atoms with Crippen molar-refractivity contribution < 1.29 is 4.79 Å². The minimum atomic E-state index is -0.0335. The SMILES string of the molecule is CC(C)N1Cc2c(NCCc3ccc(Cl)cc3)nc(NCCN(C)C)nc2C1=O. The van der Waals surface area contributed by atoms with E-state index in [1.54, 1.807) is 0 Å². The van der Waals surface area contributed by atoms with Crippen molar-refractivity contribution in [3.05, 3.63) is 46.1 Å². The van der Waals surface area contributed by atoms with Crippen LogP contribution in [0.15, 0.2) is 24.3 Å². The van der Waals surface area contributed by atoms with Crippen LogP contribution in [0, 0.1) is 0 Å². The van der Waals surface area contributed by atoms with E-state index < -0.39 is 0 Å². The maximum absolute atomic E-state index is 12.8. The lowest BCUT2D eigenvalue weighted by atomic mass is 10.1. The molecular weight excluding hydrogens is 388 g/mol. The summed E-state index contributed by atoms with van der Waals surface area (Å²) >= 11 is 5.96. The van der Waals surface area contributed by atoms with E-state index in [-0.39, 0.29) is 11.9 Å². The number of hydrogen-bond donors (Lipinski definition) is 2. The fourth-order valence-corrected chi connectivity index (χ4v) is 3.32. The first-order valence-electron chi connectivity index (χ1n) is 9.94. The molecule has 2 heterocycles. The minimum Gasteiger partial charge on any atom is -0.369 e. The smallest absolute Gasteiger partial charge is 0.273 e. The highest BCUT2D eigenvalue weighted by Crippen LogP contribution is 2.29. The average molecular weight is 417 g/mol. The number of fused-ring (bicyclic) bond motifs is 1. The number of benzene rings is 1. The molecule has 29 heavy (non-hydrogen) atoms. The molecule has 8 heteroatoms. The Morgan fingerprint density at radius 3 is 2.52 bits per heavy atom. The molecule has 0 saturated carbocycles. The van der Waals surface area contributed by atoms with Gasteiger partial charge in [-0.1, -0.05) is 23.7 Å². The fourth-order valence-electron chi connectivity index (χ4n) is 3.20. The third-order valence-corrected chi connectivity index (χ3v) is 5.14. The second kappa shape index (κ2) is 9.41. The lowest BCUT2D eigenvalue weighted by Crippen LogP contribution is -2.31. The number of halogens is 1. The predicted molar refractivity (Wildman–Crippen MR) is 118 cm³/mol. The molecule has 1 aromatic carbocycles. The number of carbonyl (C=O) groups excluding carboxylic acids is 1. The van der Waals surface area contributed by atoms with E-state index in [1.165, 1.54) is 5.56 Å². The number of aromatic nitrogens is 2. The monoisotopic (exact) mass is 416 g/mol. The number of amides is 1. The number of nitrogens with zero attached hydrogens (tertiary/aromatic N) is 4. The van der Waals surface area contributed by atoms with E-state index in [1.807, 2.05) is 57.1 Å². The molecule has 0 unspecified atom stereocenters. The van der Waals surface area contributed by atoms with Crippen LogP contribution in [0.5, 0.6) is 0 Å². The van der Waals surface area contributed by atoms with Gasteiger partial charge < -0.3 is 20.4 Å². The van der Waals surface area contributed by atoms with Crippen LogP contribution >= 0.6 is 11.6 Å². The highest BCUT2D eigenvalue weighted by atomic mass is 35.5. The van der Waals surface area contributed by atoms with E-state index >= 15 is 0 Å². The molecule has 156 valence electrons. The van der Waals surface area contributed by atoms with Crippen LogP contribution in [0.4, 0.5) is 11.8 Å². The van der Waals surface area contributed by atoms with Gasteiger partial charge in [0.05, 0.1) is 6.54 Å². The van der Waals surface area contributed by atoms with Crippen LogP contribution in [0.3, 0.4) is 0 Å². The Morgan fingerprint density at radius 2 is 1.86 bits per heavy atom. The van der Waals surface area contributed by atoms with E-state index in [0.29, 0.717) is 31.3 Å². The molecule has 1 aliphatic heterocycles. The number of nitrogens with one attached hydrogen (secondary N) is 2. The van der Waals surface area contributed by atoms with Gasteiger partial charge >= 0.3 is 0 Å². The summed E-state index contributed by atoms with van der Waals surface area (Å²) in [5, 5.41) is 7.38. The van der Waals surface area contributed by atoms with Crippen molar-refractivity contribution in [1.82, 2.24) is 19.8 Å². The summed E-state index contributed by atoms with van der Waals surface area (Å²) < 4.78 is 0. The average Bonchev–Trinajstić information content (AvgIpc) is 3.00. The number of anilines is 2. The van der Waals surface area contributed by atoms with Crippen molar-refractivity contribution in [2.45, 2.75) is 32.9 Å². The van der Waals surface area contributed by atoms with Gasteiger partial charge in [-0.25, -0.2) is 4.98 Å². The first-order valence-corrected chi connectivity index (χ1v) is 10.3. The van der Waals surface area contributed by atoms with E-state index in [2.05, 4.69) is 25.5 Å². The van der Waals surface area contributed by atoms with Gasteiger partial charge in [-0.3, -0.25) is 4.79 Å². The molecule has 7 nitrogen and oxygen atoms in total. The molecule has 0 fully saturated rings. The fraction of sp³-hybridized carbons (Fsp3) is 0.476. The molecule has 0 atom stereocenters. The van der Waals surface area contributed by atoms with Crippen molar-refractivity contribution in [3.63, 3.8) is 0 Å². The second-order valence-electron chi connectivity index (χ2n) is 7.78. The summed E-state index contributed by atoms with van der Waals surface area (Å²) in [5.41, 5.74) is 2.56. The summed E-state index contributed by atoms with van der Waals surface area (Å²) in [6, 6.07) is 7.94. The molecule has 3 rings (SSSR count). The Kier molecular flexibility index (Phi) is 6.92. The first kappa shape index (κ1) is 21.3. The van der Waals surface area contributed by atoms with Gasteiger partial charge in [0, 0.05) is 36.3 Å². The first-order chi connectivity index (χ1) is 13.8. The van der Waals surface area contributed by atoms with E-state index in [9.17, 15) is 4.79 Å². The third kappa shape index (κ3) is 5.36. The van der Waals surface area contributed by atoms with E-state index in [4.69, 9.17) is 11.6 Å². The van der Waals surface area contributed by atoms with Gasteiger partial charge in [-0.2, -0.15) is 4.98 Å². The van der Waals surface area contributed by atoms with Crippen LogP contribution in [-0.4, -0.2) is 65.4 Å². The van der Waals surface area contributed by atoms with E-state index in [0.717, 1.165) is 29.4 Å².